The molecule has 0 radical (unpaired) electrons. The number of quaternary nitrogens is 1. The van der Waals surface area contributed by atoms with Gasteiger partial charge >= 0.3 is 42.3 Å². The highest BCUT2D eigenvalue weighted by Crippen LogP contribution is 2.61. The minimum Gasteiger partial charge on any atom is -0.548 e. The van der Waals surface area contributed by atoms with Gasteiger partial charge in [-0.15, -0.1) is 0 Å². The molecule has 20 rings (SSSR count). The van der Waals surface area contributed by atoms with Crippen molar-refractivity contribution < 1.29 is 130 Å². The number of carboxylic acids is 3. The molecule has 4 amide bonds. The number of carbonyl (C=O) groups is 9. The molecule has 0 bridgehead atoms. The van der Waals surface area contributed by atoms with Gasteiger partial charge in [0.05, 0.1) is 89.9 Å². The van der Waals surface area contributed by atoms with Crippen LogP contribution in [0.5, 0.6) is 46.0 Å². The quantitative estimate of drug-likeness (QED) is 0.0167. The Bertz CT molecular complexity index is 6270. The Morgan fingerprint density at radius 1 is 0.443 bits per heavy atom. The molecule has 35 nitrogen and oxygen atoms in total. The van der Waals surface area contributed by atoms with Crippen molar-refractivity contribution in [3.8, 4) is 46.0 Å². The van der Waals surface area contributed by atoms with Crippen LogP contribution in [0.15, 0.2) is 188 Å². The van der Waals surface area contributed by atoms with Crippen molar-refractivity contribution >= 4 is 119 Å². The molecule has 0 fully saturated rings. The highest BCUT2D eigenvalue weighted by atomic mass is 32.1. The summed E-state index contributed by atoms with van der Waals surface area (Å²) in [6.07, 6.45) is 18.5. The molecule has 1 aromatic heterocycles. The van der Waals surface area contributed by atoms with E-state index in [0.29, 0.717) is 43.6 Å². The van der Waals surface area contributed by atoms with Crippen LogP contribution < -0.4 is 69.2 Å². The van der Waals surface area contributed by atoms with Crippen LogP contribution in [-0.4, -0.2) is 254 Å². The van der Waals surface area contributed by atoms with Crippen LogP contribution in [0.25, 0.3) is 10.9 Å². The lowest BCUT2D eigenvalue weighted by Crippen LogP contribution is -3.07. The van der Waals surface area contributed by atoms with Crippen LogP contribution in [0.2, 0.25) is 0 Å². The van der Waals surface area contributed by atoms with E-state index in [1.165, 1.54) is 58.1 Å². The molecule has 39 heteroatoms. The van der Waals surface area contributed by atoms with Crippen molar-refractivity contribution in [3.63, 3.8) is 0 Å². The largest absolute Gasteiger partial charge is 0.548 e. The zero-order valence-corrected chi connectivity index (χ0v) is 89.9. The van der Waals surface area contributed by atoms with Gasteiger partial charge in [0, 0.05) is 116 Å². The van der Waals surface area contributed by atoms with Crippen molar-refractivity contribution in [1.29, 1.82) is 0 Å². The number of benzene rings is 7. The van der Waals surface area contributed by atoms with E-state index < -0.39 is 103 Å². The van der Waals surface area contributed by atoms with Crippen molar-refractivity contribution in [1.82, 2.24) is 41.0 Å². The number of ether oxygens (including phenoxy) is 14. The van der Waals surface area contributed by atoms with Gasteiger partial charge < -0.3 is 132 Å². The van der Waals surface area contributed by atoms with E-state index in [1.54, 1.807) is 46.8 Å². The van der Waals surface area contributed by atoms with Crippen molar-refractivity contribution in [2.45, 2.75) is 212 Å². The normalized spacial score (nSPS) is 24.6. The Balaban J connectivity index is 0.000000173. The van der Waals surface area contributed by atoms with E-state index >= 15 is 0 Å². The highest BCUT2D eigenvalue weighted by Gasteiger charge is 2.59. The molecule has 8 aliphatic heterocycles. The number of aromatic nitrogens is 1. The Labute approximate surface area is 894 Å². The Hall–Kier alpha value is -12.9. The maximum absolute atomic E-state index is 12.8. The fourth-order valence-corrected chi connectivity index (χ4v) is 22.5. The zero-order valence-electron chi connectivity index (χ0n) is 85.9. The van der Waals surface area contributed by atoms with Gasteiger partial charge in [0.2, 0.25) is 0 Å². The number of aromatic amines is 1. The number of para-hydroxylation sites is 1. The standard InChI is InChI=1S/C29H31N3O6.C28H32N2O6.C27H30N2O6.C24H32N2O6.C2H4O2.4H2S/c1-32-12-11-29-10-9-19(14-24(29)38-26-23(36-2)8-7-17(16-32)25(26)29)37-28(35)31-22(27(33)34)13-18-15-30-21-6-4-3-5-20(18)21;1-30-14-13-28-12-11-20(16-23(28)36-25-22(33-2)10-9-19(17-30)24(25)28)35-27(32)29-21(26(31)34-3)15-18-7-5-4-6-8-18;1-29-13-12-27-11-10-19(15-22(27)35-24-21(33-2)9-8-18(16-29)23(24)27)34-26(32)28-20(25(30)31)14-17-6-4-3-5-7-17;1-14(2)20(22(27)30-5)25-23(28)31-16-8-9-24-10-11-26(3)13-15-6-7-17(29-4)21(19(15)24)32-18(24)12-16;1-2(3)4;;;;/h3-10,15,19,22,24,30H,11-14,16H2,1-2H3,(H,31,35)(H,33,34);4-12,20-21,23H,13-17H2,1-3H3,(H,29,32);3-11,19-20,22H,12-16H2,1-2H3,(H,28,32)(H,30,31);6-9,14,16,18,20H,10-13H2,1-5H3,(H,25,28);1H3,(H,3,4);4*1H2/t19-,22-,24-,29-;20-,21-,23-,28-;19-,20-,22-,27-;16-,18-,20-,24-;;;;;/m0000...../s1. The highest BCUT2D eigenvalue weighted by molar-refractivity contribution is 7.59. The molecule has 8 N–H and O–H groups in total. The van der Waals surface area contributed by atoms with Crippen LogP contribution in [0.4, 0.5) is 19.2 Å². The number of amides is 4. The minimum absolute atomic E-state index is 0. The first-order valence-electron chi connectivity index (χ1n) is 49.1. The number of carbonyl (C=O) groups excluding carboxylic acids is 7. The van der Waals surface area contributed by atoms with E-state index in [4.69, 9.17) is 76.2 Å². The summed E-state index contributed by atoms with van der Waals surface area (Å²) >= 11 is 0. The summed E-state index contributed by atoms with van der Waals surface area (Å²) < 4.78 is 80.7. The maximum atomic E-state index is 12.8. The molecule has 0 saturated heterocycles. The summed E-state index contributed by atoms with van der Waals surface area (Å²) in [7, 11) is 17.7. The van der Waals surface area contributed by atoms with Gasteiger partial charge in [-0.05, 0) is 166 Å². The molecule has 12 aliphatic rings. The first kappa shape index (κ1) is 115. The van der Waals surface area contributed by atoms with E-state index in [9.17, 15) is 48.6 Å². The molecule has 0 saturated carbocycles. The molecule has 4 aliphatic carbocycles. The molecule has 7 aromatic carbocycles. The van der Waals surface area contributed by atoms with E-state index in [0.717, 1.165) is 153 Å². The van der Waals surface area contributed by atoms with Crippen molar-refractivity contribution in [3.05, 3.63) is 249 Å². The number of aliphatic carboxylic acids is 3. The fourth-order valence-electron chi connectivity index (χ4n) is 22.5. The Morgan fingerprint density at radius 3 is 1.14 bits per heavy atom. The van der Waals surface area contributed by atoms with Gasteiger partial charge in [-0.3, -0.25) is 4.79 Å². The van der Waals surface area contributed by atoms with E-state index in [-0.39, 0.29) is 119 Å². The minimum atomic E-state index is -1.36. The number of esters is 2. The third kappa shape index (κ3) is 24.7. The van der Waals surface area contributed by atoms with Gasteiger partial charge in [-0.1, -0.05) is 135 Å². The fraction of sp³-hybridized carbons (Fsp3) is 0.445. The summed E-state index contributed by atoms with van der Waals surface area (Å²) in [6, 6.07) is 38.6. The Morgan fingerprint density at radius 2 is 0.779 bits per heavy atom. The summed E-state index contributed by atoms with van der Waals surface area (Å²) in [5, 5.41) is 40.1. The second-order valence-corrected chi connectivity index (χ2v) is 39.5. The molecule has 4 spiro atoms. The predicted octanol–water partition coefficient (Wildman–Crippen LogP) is 11.0. The third-order valence-electron chi connectivity index (χ3n) is 29.7. The van der Waals surface area contributed by atoms with Gasteiger partial charge in [0.25, 0.3) is 5.97 Å². The number of rotatable bonds is 23. The molecule has 1 unspecified atom stereocenters. The second-order valence-electron chi connectivity index (χ2n) is 39.5. The molecule has 8 aromatic rings. The molecule has 149 heavy (non-hydrogen) atoms. The van der Waals surface area contributed by atoms with Crippen LogP contribution in [-0.2, 0) is 119 Å². The smallest absolute Gasteiger partial charge is 0.408 e. The number of hydrogen-bond acceptors (Lipinski definition) is 27. The van der Waals surface area contributed by atoms with Crippen LogP contribution >= 0.6 is 54.0 Å². The van der Waals surface area contributed by atoms with Crippen LogP contribution in [0, 0.1) is 5.92 Å². The van der Waals surface area contributed by atoms with Gasteiger partial charge in [-0.25, -0.2) is 33.6 Å². The zero-order chi connectivity index (χ0) is 103. The summed E-state index contributed by atoms with van der Waals surface area (Å²) in [5.41, 5.74) is 11.9. The SMILES string of the molecule is CC(=O)O.COC(=O)[C@@H](NC(=O)O[C@H]1C=C[C@@]23CCN(C)Cc4ccc(OC)c(c42)O[C@H]3C1)C(C)C.COC(=O)[C@H](Cc1ccccc1)NC(=O)O[C@H]1C=C[C@@]23CCN(C)Cc4ccc(OC)c(c42)O[C@H]3C1.COc1ccc2c3c1O[C@H]1C[C@@H](OC(=O)N[C@@H](Cc4c[nH]c5ccccc45)C(=O)O)C=C[C@@]31CCN(C)C2.COc1ccc2c3c1O[C@H]1C[C@@H](OC(=O)N[C@@H](Cc4ccccc4)C(=O)[O-])C=C[C@@]31CC[NH+](C)C2.S.S.S.S. The van der Waals surface area contributed by atoms with Crippen LogP contribution in [0.1, 0.15) is 133 Å². The number of carboxylic acid groups (broad SMARTS) is 3. The number of nitrogens with zero attached hydrogens (tertiary/aromatic N) is 3. The number of fused-ring (bicyclic) bond motifs is 1. The first-order chi connectivity index (χ1) is 69.7. The number of H-pyrrole nitrogens is 1. The third-order valence-corrected chi connectivity index (χ3v) is 29.7. The Kier molecular flexibility index (Phi) is 38.3. The van der Waals surface area contributed by atoms with Gasteiger partial charge in [0.1, 0.15) is 73.5 Å². The van der Waals surface area contributed by atoms with Crippen molar-refractivity contribution in [2.75, 3.05) is 97.0 Å². The lowest BCUT2D eigenvalue weighted by Gasteiger charge is -2.36. The van der Waals surface area contributed by atoms with Crippen molar-refractivity contribution in [2.24, 2.45) is 5.92 Å². The number of nitrogens with one attached hydrogen (secondary N) is 6. The topological polar surface area (TPSA) is 424 Å². The number of methoxy groups -OCH3 is 6. The molecule has 802 valence electrons. The first-order valence-corrected chi connectivity index (χ1v) is 49.1. The predicted molar refractivity (Wildman–Crippen MR) is 572 cm³/mol. The maximum Gasteiger partial charge on any atom is 0.408 e. The summed E-state index contributed by atoms with van der Waals surface area (Å²) in [6.45, 7) is 11.9. The van der Waals surface area contributed by atoms with Crippen LogP contribution in [0.3, 0.4) is 0 Å². The summed E-state index contributed by atoms with van der Waals surface area (Å²) in [4.78, 5) is 119. The summed E-state index contributed by atoms with van der Waals surface area (Å²) in [5.74, 6) is 1.53. The second kappa shape index (κ2) is 49.7. The number of alkyl carbamates (subject to hydrolysis) is 4. The van der Waals surface area contributed by atoms with Gasteiger partial charge in [-0.2, -0.15) is 54.0 Å². The molecule has 9 heterocycles. The lowest BCUT2D eigenvalue weighted by atomic mass is 9.69. The monoisotopic (exact) mass is 2130 g/mol. The van der Waals surface area contributed by atoms with Gasteiger partial charge in [0.15, 0.2) is 46.0 Å². The lowest BCUT2D eigenvalue weighted by molar-refractivity contribution is -0.893. The molecular formula is C110H137N9O26S4. The molecular weight excluding hydrogens is 1990 g/mol. The van der Waals surface area contributed by atoms with E-state index in [1.807, 2.05) is 135 Å². The molecule has 17 atom stereocenters. The number of hydrogen-bond donors (Lipinski definition) is 8. The van der Waals surface area contributed by atoms with E-state index in [2.05, 4.69) is 118 Å². The average Bonchev–Trinajstić information content (AvgIpc) is 1.57. The average molecular weight is 2130 g/mol.